The van der Waals surface area contributed by atoms with Crippen molar-refractivity contribution in [1.29, 1.82) is 0 Å². The number of para-hydroxylation sites is 1. The number of rotatable bonds is 4. The lowest BCUT2D eigenvalue weighted by Gasteiger charge is -2.08. The van der Waals surface area contributed by atoms with E-state index in [1.807, 2.05) is 23.7 Å². The monoisotopic (exact) mass is 399 g/mol. The Morgan fingerprint density at radius 3 is 2.62 bits per heavy atom. The van der Waals surface area contributed by atoms with Gasteiger partial charge in [-0.2, -0.15) is 0 Å². The van der Waals surface area contributed by atoms with Crippen molar-refractivity contribution in [3.63, 3.8) is 0 Å². The largest absolute Gasteiger partial charge is 0.323 e. The highest BCUT2D eigenvalue weighted by atomic mass is 35.5. The molecule has 8 heteroatoms. The maximum Gasteiger partial charge on any atom is 0.234 e. The maximum atomic E-state index is 12.2. The van der Waals surface area contributed by atoms with Crippen molar-refractivity contribution in [1.82, 2.24) is 9.55 Å². The van der Waals surface area contributed by atoms with Crippen LogP contribution in [0.1, 0.15) is 0 Å². The van der Waals surface area contributed by atoms with Crippen molar-refractivity contribution in [3.8, 4) is 0 Å². The summed E-state index contributed by atoms with van der Waals surface area (Å²) in [5, 5.41) is 4.89. The van der Waals surface area contributed by atoms with Crippen LogP contribution in [0.2, 0.25) is 15.1 Å². The van der Waals surface area contributed by atoms with E-state index in [-0.39, 0.29) is 11.7 Å². The maximum absolute atomic E-state index is 12.2. The van der Waals surface area contributed by atoms with Crippen LogP contribution in [0, 0.1) is 0 Å². The smallest absolute Gasteiger partial charge is 0.234 e. The summed E-state index contributed by atoms with van der Waals surface area (Å²) in [6.07, 6.45) is 0. The zero-order valence-corrected chi connectivity index (χ0v) is 15.6. The van der Waals surface area contributed by atoms with Gasteiger partial charge in [-0.3, -0.25) is 4.79 Å². The van der Waals surface area contributed by atoms with Crippen LogP contribution in [0.4, 0.5) is 5.69 Å². The van der Waals surface area contributed by atoms with Gasteiger partial charge in [-0.15, -0.1) is 0 Å². The minimum atomic E-state index is -0.208. The number of nitrogens with one attached hydrogen (secondary N) is 1. The van der Waals surface area contributed by atoms with E-state index in [1.54, 1.807) is 24.3 Å². The molecule has 1 N–H and O–H groups in total. The number of imidazole rings is 1. The topological polar surface area (TPSA) is 46.9 Å². The van der Waals surface area contributed by atoms with Crippen LogP contribution in [-0.2, 0) is 11.8 Å². The van der Waals surface area contributed by atoms with Gasteiger partial charge in [0.15, 0.2) is 5.16 Å². The third-order valence-corrected chi connectivity index (χ3v) is 5.26. The highest BCUT2D eigenvalue weighted by molar-refractivity contribution is 7.99. The number of thioether (sulfide) groups is 1. The fourth-order valence-electron chi connectivity index (χ4n) is 2.20. The van der Waals surface area contributed by atoms with Crippen LogP contribution in [0.5, 0.6) is 0 Å². The van der Waals surface area contributed by atoms with Crippen molar-refractivity contribution in [2.45, 2.75) is 5.16 Å². The van der Waals surface area contributed by atoms with Gasteiger partial charge < -0.3 is 9.88 Å². The molecule has 0 radical (unpaired) electrons. The molecule has 0 saturated carbocycles. The molecule has 0 atom stereocenters. The quantitative estimate of drug-likeness (QED) is 0.607. The number of anilines is 1. The SMILES string of the molecule is Cn1c(SCC(=O)Nc2c(Cl)cccc2Cl)nc2cc(Cl)ccc21. The molecule has 0 bridgehead atoms. The predicted octanol–water partition coefficient (Wildman–Crippen LogP) is 5.26. The third kappa shape index (κ3) is 3.64. The normalized spacial score (nSPS) is 11.0. The van der Waals surface area contributed by atoms with E-state index in [4.69, 9.17) is 34.8 Å². The summed E-state index contributed by atoms with van der Waals surface area (Å²) in [5.41, 5.74) is 2.17. The van der Waals surface area contributed by atoms with Gasteiger partial charge in [0.05, 0.1) is 32.5 Å². The molecule has 0 unspecified atom stereocenters. The molecule has 0 spiro atoms. The molecule has 1 aromatic heterocycles. The van der Waals surface area contributed by atoms with E-state index in [1.165, 1.54) is 11.8 Å². The first kappa shape index (κ1) is 17.4. The molecule has 2 aromatic carbocycles. The Labute approximate surface area is 158 Å². The number of amides is 1. The van der Waals surface area contributed by atoms with Crippen molar-refractivity contribution in [2.24, 2.45) is 7.05 Å². The Balaban J connectivity index is 1.72. The fraction of sp³-hybridized carbons (Fsp3) is 0.125. The van der Waals surface area contributed by atoms with Gasteiger partial charge in [-0.1, -0.05) is 52.6 Å². The molecule has 0 aliphatic rings. The van der Waals surface area contributed by atoms with Crippen molar-refractivity contribution in [3.05, 3.63) is 51.5 Å². The second-order valence-electron chi connectivity index (χ2n) is 5.02. The lowest BCUT2D eigenvalue weighted by atomic mass is 10.3. The molecule has 124 valence electrons. The zero-order chi connectivity index (χ0) is 17.3. The Bertz CT molecular complexity index is 906. The van der Waals surface area contributed by atoms with Gasteiger partial charge in [0, 0.05) is 12.1 Å². The first-order chi connectivity index (χ1) is 11.5. The number of hydrogen-bond acceptors (Lipinski definition) is 3. The molecular weight excluding hydrogens is 389 g/mol. The highest BCUT2D eigenvalue weighted by Gasteiger charge is 2.13. The predicted molar refractivity (Wildman–Crippen MR) is 102 cm³/mol. The molecule has 0 saturated heterocycles. The molecule has 1 amide bonds. The zero-order valence-electron chi connectivity index (χ0n) is 12.5. The van der Waals surface area contributed by atoms with Gasteiger partial charge in [0.25, 0.3) is 0 Å². The summed E-state index contributed by atoms with van der Waals surface area (Å²) >= 11 is 19.4. The number of nitrogens with zero attached hydrogens (tertiary/aromatic N) is 2. The molecule has 3 rings (SSSR count). The molecule has 0 aliphatic heterocycles. The summed E-state index contributed by atoms with van der Waals surface area (Å²) < 4.78 is 1.92. The van der Waals surface area contributed by atoms with Crippen molar-refractivity contribution >= 4 is 69.2 Å². The van der Waals surface area contributed by atoms with E-state index in [0.29, 0.717) is 20.8 Å². The lowest BCUT2D eigenvalue weighted by molar-refractivity contribution is -0.113. The first-order valence-corrected chi connectivity index (χ1v) is 9.06. The summed E-state index contributed by atoms with van der Waals surface area (Å²) in [6.45, 7) is 0. The molecule has 4 nitrogen and oxygen atoms in total. The van der Waals surface area contributed by atoms with Gasteiger partial charge in [-0.25, -0.2) is 4.98 Å². The molecule has 3 aromatic rings. The van der Waals surface area contributed by atoms with E-state index in [2.05, 4.69) is 10.3 Å². The first-order valence-electron chi connectivity index (χ1n) is 6.94. The number of benzene rings is 2. The molecule has 0 aliphatic carbocycles. The summed E-state index contributed by atoms with van der Waals surface area (Å²) in [4.78, 5) is 16.7. The summed E-state index contributed by atoms with van der Waals surface area (Å²) in [5.74, 6) is -0.0213. The number of halogens is 3. The fourth-order valence-corrected chi connectivity index (χ4v) is 3.65. The van der Waals surface area contributed by atoms with E-state index >= 15 is 0 Å². The number of hydrogen-bond donors (Lipinski definition) is 1. The number of fused-ring (bicyclic) bond motifs is 1. The van der Waals surface area contributed by atoms with Crippen LogP contribution >= 0.6 is 46.6 Å². The number of carbonyl (C=O) groups is 1. The molecule has 0 fully saturated rings. The molecule has 1 heterocycles. The summed E-state index contributed by atoms with van der Waals surface area (Å²) in [6, 6.07) is 10.6. The van der Waals surface area contributed by atoms with Crippen LogP contribution in [0.25, 0.3) is 11.0 Å². The Hall–Kier alpha value is -1.40. The number of aromatic nitrogens is 2. The van der Waals surface area contributed by atoms with Crippen molar-refractivity contribution < 1.29 is 4.79 Å². The van der Waals surface area contributed by atoms with E-state index in [0.717, 1.165) is 16.2 Å². The average molecular weight is 401 g/mol. The summed E-state index contributed by atoms with van der Waals surface area (Å²) in [7, 11) is 1.90. The van der Waals surface area contributed by atoms with Gasteiger partial charge in [0.1, 0.15) is 0 Å². The Kier molecular flexibility index (Phi) is 5.25. The second-order valence-corrected chi connectivity index (χ2v) is 7.21. The standard InChI is InChI=1S/C16H12Cl3N3OS/c1-22-13-6-5-9(17)7-12(13)20-16(22)24-8-14(23)21-15-10(18)3-2-4-11(15)19/h2-7H,8H2,1H3,(H,21,23). The molecular formula is C16H12Cl3N3OS. The second kappa shape index (κ2) is 7.23. The van der Waals surface area contributed by atoms with Gasteiger partial charge in [-0.05, 0) is 30.3 Å². The van der Waals surface area contributed by atoms with Gasteiger partial charge >= 0.3 is 0 Å². The Morgan fingerprint density at radius 1 is 1.21 bits per heavy atom. The number of aryl methyl sites for hydroxylation is 1. The van der Waals surface area contributed by atoms with Crippen LogP contribution in [0.15, 0.2) is 41.6 Å². The van der Waals surface area contributed by atoms with Crippen LogP contribution in [0.3, 0.4) is 0 Å². The average Bonchev–Trinajstić information content (AvgIpc) is 2.84. The third-order valence-electron chi connectivity index (χ3n) is 3.36. The minimum absolute atomic E-state index is 0.187. The highest BCUT2D eigenvalue weighted by Crippen LogP contribution is 2.30. The van der Waals surface area contributed by atoms with Crippen molar-refractivity contribution in [2.75, 3.05) is 11.1 Å². The lowest BCUT2D eigenvalue weighted by Crippen LogP contribution is -2.15. The van der Waals surface area contributed by atoms with E-state index < -0.39 is 0 Å². The van der Waals surface area contributed by atoms with Crippen LogP contribution in [-0.4, -0.2) is 21.2 Å². The van der Waals surface area contributed by atoms with Gasteiger partial charge in [0.2, 0.25) is 5.91 Å². The molecule has 24 heavy (non-hydrogen) atoms. The van der Waals surface area contributed by atoms with Crippen LogP contribution < -0.4 is 5.32 Å². The minimum Gasteiger partial charge on any atom is -0.323 e. The number of carbonyl (C=O) groups excluding carboxylic acids is 1. The Morgan fingerprint density at radius 2 is 1.92 bits per heavy atom. The van der Waals surface area contributed by atoms with E-state index in [9.17, 15) is 4.79 Å².